The van der Waals surface area contributed by atoms with Gasteiger partial charge in [0.2, 0.25) is 0 Å². The minimum atomic E-state index is -0.445. The predicted octanol–water partition coefficient (Wildman–Crippen LogP) is 2.40. The number of nitrogens with zero attached hydrogens (tertiary/aromatic N) is 1. The summed E-state index contributed by atoms with van der Waals surface area (Å²) in [4.78, 5) is 30.0. The van der Waals surface area contributed by atoms with Crippen molar-refractivity contribution in [3.63, 3.8) is 0 Å². The standard InChI is InChI=1S/C22H24N4O4/c1-29-16-10-15-11-17(23-21(15)19(12-16)30-2)22(28)25-24-20(27)13-26-9-5-7-14-6-3-4-8-18(14)26/h3-4,6,8,10-12,23H,5,7,9,13H2,1-2H3,(H,24,27)(H,25,28). The van der Waals surface area contributed by atoms with Crippen molar-refractivity contribution in [1.82, 2.24) is 15.8 Å². The molecular weight excluding hydrogens is 384 g/mol. The van der Waals surface area contributed by atoms with Crippen molar-refractivity contribution in [2.45, 2.75) is 12.8 Å². The third-order valence-electron chi connectivity index (χ3n) is 5.22. The van der Waals surface area contributed by atoms with Gasteiger partial charge in [-0.2, -0.15) is 0 Å². The summed E-state index contributed by atoms with van der Waals surface area (Å²) in [6.45, 7) is 0.983. The summed E-state index contributed by atoms with van der Waals surface area (Å²) >= 11 is 0. The highest BCUT2D eigenvalue weighted by atomic mass is 16.5. The molecular formula is C22H24N4O4. The van der Waals surface area contributed by atoms with Crippen LogP contribution in [0.3, 0.4) is 0 Å². The number of H-pyrrole nitrogens is 1. The zero-order valence-electron chi connectivity index (χ0n) is 17.0. The number of nitrogens with one attached hydrogen (secondary N) is 3. The molecule has 0 atom stereocenters. The summed E-state index contributed by atoms with van der Waals surface area (Å²) in [5.41, 5.74) is 8.27. The fourth-order valence-corrected chi connectivity index (χ4v) is 3.77. The zero-order valence-corrected chi connectivity index (χ0v) is 17.0. The predicted molar refractivity (Wildman–Crippen MR) is 114 cm³/mol. The quantitative estimate of drug-likeness (QED) is 0.564. The van der Waals surface area contributed by atoms with Crippen LogP contribution >= 0.6 is 0 Å². The Morgan fingerprint density at radius 3 is 2.73 bits per heavy atom. The molecule has 4 rings (SSSR count). The van der Waals surface area contributed by atoms with Crippen LogP contribution in [0.25, 0.3) is 10.9 Å². The minimum absolute atomic E-state index is 0.176. The summed E-state index contributed by atoms with van der Waals surface area (Å²) < 4.78 is 10.6. The van der Waals surface area contributed by atoms with Crippen molar-refractivity contribution >= 4 is 28.4 Å². The van der Waals surface area contributed by atoms with Gasteiger partial charge >= 0.3 is 0 Å². The Balaban J connectivity index is 1.41. The molecule has 8 nitrogen and oxygen atoms in total. The number of para-hydroxylation sites is 1. The maximum Gasteiger partial charge on any atom is 0.286 e. The molecule has 0 radical (unpaired) electrons. The molecule has 2 aromatic carbocycles. The van der Waals surface area contributed by atoms with Gasteiger partial charge in [-0.3, -0.25) is 20.4 Å². The van der Waals surface area contributed by atoms with Crippen LogP contribution in [0.2, 0.25) is 0 Å². The molecule has 3 N–H and O–H groups in total. The van der Waals surface area contributed by atoms with E-state index in [1.165, 1.54) is 5.56 Å². The fraction of sp³-hybridized carbons (Fsp3) is 0.273. The van der Waals surface area contributed by atoms with Gasteiger partial charge in [0.1, 0.15) is 17.2 Å². The highest BCUT2D eigenvalue weighted by molar-refractivity contribution is 6.00. The first-order valence-electron chi connectivity index (χ1n) is 9.76. The van der Waals surface area contributed by atoms with E-state index in [1.807, 2.05) is 23.1 Å². The second kappa shape index (κ2) is 8.36. The highest BCUT2D eigenvalue weighted by Crippen LogP contribution is 2.31. The number of methoxy groups -OCH3 is 2. The van der Waals surface area contributed by atoms with E-state index < -0.39 is 5.91 Å². The van der Waals surface area contributed by atoms with Crippen LogP contribution in [0.15, 0.2) is 42.5 Å². The Labute approximate surface area is 174 Å². The maximum absolute atomic E-state index is 12.5. The zero-order chi connectivity index (χ0) is 21.1. The van der Waals surface area contributed by atoms with Gasteiger partial charge in [0.25, 0.3) is 11.8 Å². The number of fused-ring (bicyclic) bond motifs is 2. The van der Waals surface area contributed by atoms with Crippen molar-refractivity contribution in [3.8, 4) is 11.5 Å². The summed E-state index contributed by atoms with van der Waals surface area (Å²) in [6, 6.07) is 13.3. The first-order chi connectivity index (χ1) is 14.6. The number of amides is 2. The van der Waals surface area contributed by atoms with Crippen molar-refractivity contribution in [2.75, 3.05) is 32.2 Å². The fourth-order valence-electron chi connectivity index (χ4n) is 3.77. The molecule has 3 aromatic rings. The maximum atomic E-state index is 12.5. The highest BCUT2D eigenvalue weighted by Gasteiger charge is 2.19. The molecule has 0 aliphatic carbocycles. The second-order valence-corrected chi connectivity index (χ2v) is 7.13. The Kier molecular flexibility index (Phi) is 5.47. The molecule has 0 unspecified atom stereocenters. The SMILES string of the molecule is COc1cc(OC)c2[nH]c(C(=O)NNC(=O)CN3CCCc4ccccc43)cc2c1. The lowest BCUT2D eigenvalue weighted by Gasteiger charge is -2.30. The van der Waals surface area contributed by atoms with Crippen LogP contribution in [0.1, 0.15) is 22.5 Å². The number of aromatic amines is 1. The molecule has 1 aromatic heterocycles. The molecule has 0 spiro atoms. The van der Waals surface area contributed by atoms with E-state index in [2.05, 4.69) is 21.9 Å². The van der Waals surface area contributed by atoms with E-state index in [1.54, 1.807) is 32.4 Å². The third-order valence-corrected chi connectivity index (χ3v) is 5.22. The van der Waals surface area contributed by atoms with E-state index in [9.17, 15) is 9.59 Å². The molecule has 0 saturated carbocycles. The number of benzene rings is 2. The third kappa shape index (κ3) is 3.89. The summed E-state index contributed by atoms with van der Waals surface area (Å²) in [6.07, 6.45) is 2.01. The number of hydrazine groups is 1. The van der Waals surface area contributed by atoms with Crippen LogP contribution in [-0.2, 0) is 11.2 Å². The lowest BCUT2D eigenvalue weighted by atomic mass is 10.0. The minimum Gasteiger partial charge on any atom is -0.497 e. The molecule has 0 saturated heterocycles. The van der Waals surface area contributed by atoms with Gasteiger partial charge in [-0.25, -0.2) is 0 Å². The van der Waals surface area contributed by atoms with Crippen molar-refractivity contribution < 1.29 is 19.1 Å². The number of rotatable bonds is 5. The van der Waals surface area contributed by atoms with Crippen LogP contribution in [0.4, 0.5) is 5.69 Å². The number of aromatic nitrogens is 1. The number of ether oxygens (including phenoxy) is 2. The van der Waals surface area contributed by atoms with Crippen molar-refractivity contribution in [1.29, 1.82) is 0 Å². The summed E-state index contributed by atoms with van der Waals surface area (Å²) in [7, 11) is 3.12. The molecule has 0 bridgehead atoms. The van der Waals surface area contributed by atoms with E-state index in [4.69, 9.17) is 9.47 Å². The van der Waals surface area contributed by atoms with Gasteiger partial charge in [-0.05, 0) is 36.6 Å². The van der Waals surface area contributed by atoms with Crippen LogP contribution in [0.5, 0.6) is 11.5 Å². The van der Waals surface area contributed by atoms with Crippen LogP contribution in [-0.4, -0.2) is 44.1 Å². The molecule has 1 aliphatic heterocycles. The van der Waals surface area contributed by atoms with E-state index in [0.717, 1.165) is 30.5 Å². The smallest absolute Gasteiger partial charge is 0.286 e. The van der Waals surface area contributed by atoms with Gasteiger partial charge in [0, 0.05) is 23.7 Å². The number of anilines is 1. The van der Waals surface area contributed by atoms with Crippen LogP contribution < -0.4 is 25.2 Å². The molecule has 2 amide bonds. The first-order valence-corrected chi connectivity index (χ1v) is 9.76. The van der Waals surface area contributed by atoms with Gasteiger partial charge in [0.05, 0.1) is 26.3 Å². The lowest BCUT2D eigenvalue weighted by Crippen LogP contribution is -2.47. The summed E-state index contributed by atoms with van der Waals surface area (Å²) in [5.74, 6) is 0.464. The molecule has 156 valence electrons. The second-order valence-electron chi connectivity index (χ2n) is 7.13. The Hall–Kier alpha value is -3.68. The molecule has 2 heterocycles. The Morgan fingerprint density at radius 2 is 1.93 bits per heavy atom. The normalized spacial score (nSPS) is 12.9. The Bertz CT molecular complexity index is 1090. The number of aryl methyl sites for hydroxylation is 1. The first kappa shape index (κ1) is 19.6. The van der Waals surface area contributed by atoms with Crippen LogP contribution in [0, 0.1) is 0 Å². The van der Waals surface area contributed by atoms with E-state index in [-0.39, 0.29) is 12.5 Å². The number of carbonyl (C=O) groups is 2. The van der Waals surface area contributed by atoms with Crippen molar-refractivity contribution in [3.05, 3.63) is 53.7 Å². The Morgan fingerprint density at radius 1 is 1.10 bits per heavy atom. The molecule has 0 fully saturated rings. The molecule has 1 aliphatic rings. The summed E-state index contributed by atoms with van der Waals surface area (Å²) in [5, 5.41) is 0.771. The largest absolute Gasteiger partial charge is 0.497 e. The average molecular weight is 408 g/mol. The topological polar surface area (TPSA) is 95.7 Å². The van der Waals surface area contributed by atoms with Gasteiger partial charge in [-0.15, -0.1) is 0 Å². The van der Waals surface area contributed by atoms with E-state index in [0.29, 0.717) is 22.7 Å². The molecule has 8 heteroatoms. The number of carbonyl (C=O) groups excluding carboxylic acids is 2. The van der Waals surface area contributed by atoms with E-state index >= 15 is 0 Å². The average Bonchev–Trinajstić information content (AvgIpc) is 3.21. The van der Waals surface area contributed by atoms with Crippen molar-refractivity contribution in [2.24, 2.45) is 0 Å². The van der Waals surface area contributed by atoms with Gasteiger partial charge in [-0.1, -0.05) is 18.2 Å². The lowest BCUT2D eigenvalue weighted by molar-refractivity contribution is -0.120. The number of hydrogen-bond acceptors (Lipinski definition) is 5. The molecule has 30 heavy (non-hydrogen) atoms. The monoisotopic (exact) mass is 408 g/mol. The van der Waals surface area contributed by atoms with Gasteiger partial charge in [0.15, 0.2) is 0 Å². The van der Waals surface area contributed by atoms with Gasteiger partial charge < -0.3 is 19.4 Å². The number of hydrogen-bond donors (Lipinski definition) is 3.